The summed E-state index contributed by atoms with van der Waals surface area (Å²) >= 11 is 12.1. The SMILES string of the molecule is Cl.Cl.NC1(c2ccnc3cc(Cl)ccc23)CCC(NCc2ccc(Cl)cc2)C1. The first-order valence-electron chi connectivity index (χ1n) is 8.85. The van der Waals surface area contributed by atoms with Crippen LogP contribution in [-0.2, 0) is 12.1 Å². The molecule has 2 aromatic carbocycles. The lowest BCUT2D eigenvalue weighted by Crippen LogP contribution is -2.36. The molecule has 3 aromatic rings. The Morgan fingerprint density at radius 3 is 2.50 bits per heavy atom. The summed E-state index contributed by atoms with van der Waals surface area (Å²) in [7, 11) is 0. The van der Waals surface area contributed by atoms with E-state index in [1.54, 1.807) is 0 Å². The van der Waals surface area contributed by atoms with E-state index in [4.69, 9.17) is 28.9 Å². The minimum atomic E-state index is -0.341. The molecule has 1 aliphatic rings. The Labute approximate surface area is 187 Å². The molecule has 1 fully saturated rings. The molecule has 4 rings (SSSR count). The van der Waals surface area contributed by atoms with Crippen molar-refractivity contribution >= 4 is 58.9 Å². The molecule has 0 amide bonds. The Morgan fingerprint density at radius 2 is 1.75 bits per heavy atom. The highest BCUT2D eigenvalue weighted by Crippen LogP contribution is 2.39. The number of pyridine rings is 1. The van der Waals surface area contributed by atoms with Crippen LogP contribution in [-0.4, -0.2) is 11.0 Å². The van der Waals surface area contributed by atoms with Crippen LogP contribution in [0, 0.1) is 0 Å². The van der Waals surface area contributed by atoms with Crippen LogP contribution in [0.2, 0.25) is 10.0 Å². The lowest BCUT2D eigenvalue weighted by Gasteiger charge is -2.26. The van der Waals surface area contributed by atoms with Gasteiger partial charge in [0.25, 0.3) is 0 Å². The van der Waals surface area contributed by atoms with Gasteiger partial charge in [0.1, 0.15) is 0 Å². The molecule has 3 nitrogen and oxygen atoms in total. The topological polar surface area (TPSA) is 50.9 Å². The van der Waals surface area contributed by atoms with Crippen molar-refractivity contribution in [3.05, 3.63) is 75.9 Å². The van der Waals surface area contributed by atoms with E-state index in [1.807, 2.05) is 36.5 Å². The van der Waals surface area contributed by atoms with Gasteiger partial charge < -0.3 is 11.1 Å². The van der Waals surface area contributed by atoms with Crippen LogP contribution in [0.5, 0.6) is 0 Å². The molecule has 28 heavy (non-hydrogen) atoms. The van der Waals surface area contributed by atoms with Crippen LogP contribution in [0.25, 0.3) is 10.9 Å². The largest absolute Gasteiger partial charge is 0.321 e. The number of benzene rings is 2. The number of nitrogens with one attached hydrogen (secondary N) is 1. The number of nitrogens with two attached hydrogens (primary N) is 1. The fraction of sp³-hybridized carbons (Fsp3) is 0.286. The third-order valence-electron chi connectivity index (χ3n) is 5.30. The average Bonchev–Trinajstić information content (AvgIpc) is 3.03. The molecule has 7 heteroatoms. The highest BCUT2D eigenvalue weighted by molar-refractivity contribution is 6.31. The van der Waals surface area contributed by atoms with E-state index >= 15 is 0 Å². The van der Waals surface area contributed by atoms with E-state index in [0.29, 0.717) is 11.1 Å². The normalized spacial score (nSPS) is 21.2. The number of hydrogen-bond acceptors (Lipinski definition) is 3. The van der Waals surface area contributed by atoms with Crippen molar-refractivity contribution in [2.24, 2.45) is 5.73 Å². The standard InChI is InChI=1S/C21H21Cl2N3.2ClH/c22-15-3-1-14(2-4-15)13-26-17-7-9-21(24,12-17)19-8-10-25-20-11-16(23)5-6-18(19)20;;/h1-6,8,10-11,17,26H,7,9,12-13,24H2;2*1H. The molecule has 1 heterocycles. The first kappa shape index (κ1) is 23.2. The van der Waals surface area contributed by atoms with Crippen molar-refractivity contribution in [2.75, 3.05) is 0 Å². The highest BCUT2D eigenvalue weighted by Gasteiger charge is 2.38. The van der Waals surface area contributed by atoms with Crippen molar-refractivity contribution in [2.45, 2.75) is 37.4 Å². The van der Waals surface area contributed by atoms with Crippen LogP contribution < -0.4 is 11.1 Å². The Bertz CT molecular complexity index is 933. The van der Waals surface area contributed by atoms with Gasteiger partial charge in [0.2, 0.25) is 0 Å². The summed E-state index contributed by atoms with van der Waals surface area (Å²) in [6.45, 7) is 0.824. The van der Waals surface area contributed by atoms with Gasteiger partial charge in [0, 0.05) is 39.8 Å². The first-order chi connectivity index (χ1) is 12.5. The maximum Gasteiger partial charge on any atom is 0.0720 e. The maximum atomic E-state index is 6.85. The van der Waals surface area contributed by atoms with Crippen LogP contribution >= 0.6 is 48.0 Å². The van der Waals surface area contributed by atoms with Crippen LogP contribution in [0.15, 0.2) is 54.7 Å². The summed E-state index contributed by atoms with van der Waals surface area (Å²) in [5.74, 6) is 0. The summed E-state index contributed by atoms with van der Waals surface area (Å²) in [5.41, 5.74) is 9.80. The molecule has 3 N–H and O–H groups in total. The second-order valence-electron chi connectivity index (χ2n) is 7.12. The Kier molecular flexibility index (Phi) is 7.97. The summed E-state index contributed by atoms with van der Waals surface area (Å²) < 4.78 is 0. The second-order valence-corrected chi connectivity index (χ2v) is 8.00. The molecular formula is C21H23Cl4N3. The molecule has 0 saturated heterocycles. The number of nitrogens with zero attached hydrogens (tertiary/aromatic N) is 1. The van der Waals surface area contributed by atoms with Crippen molar-refractivity contribution in [3.63, 3.8) is 0 Å². The van der Waals surface area contributed by atoms with Crippen molar-refractivity contribution in [3.8, 4) is 0 Å². The molecule has 1 aliphatic carbocycles. The van der Waals surface area contributed by atoms with E-state index in [-0.39, 0.29) is 30.4 Å². The summed E-state index contributed by atoms with van der Waals surface area (Å²) in [4.78, 5) is 4.44. The number of hydrogen-bond donors (Lipinski definition) is 2. The lowest BCUT2D eigenvalue weighted by atomic mass is 9.87. The fourth-order valence-electron chi connectivity index (χ4n) is 3.91. The average molecular weight is 459 g/mol. The number of fused-ring (bicyclic) bond motifs is 1. The van der Waals surface area contributed by atoms with Gasteiger partial charge in [-0.2, -0.15) is 0 Å². The number of aromatic nitrogens is 1. The molecule has 0 spiro atoms. The van der Waals surface area contributed by atoms with Crippen LogP contribution in [0.4, 0.5) is 0 Å². The predicted octanol–water partition coefficient (Wildman–Crippen LogP) is 5.88. The van der Waals surface area contributed by atoms with Crippen molar-refractivity contribution in [1.82, 2.24) is 10.3 Å². The van der Waals surface area contributed by atoms with Gasteiger partial charge in [0.15, 0.2) is 0 Å². The Hall–Kier alpha value is -1.07. The van der Waals surface area contributed by atoms with Crippen LogP contribution in [0.3, 0.4) is 0 Å². The zero-order valence-corrected chi connectivity index (χ0v) is 18.3. The zero-order chi connectivity index (χ0) is 18.1. The van der Waals surface area contributed by atoms with E-state index in [2.05, 4.69) is 28.5 Å². The molecule has 1 saturated carbocycles. The van der Waals surface area contributed by atoms with Gasteiger partial charge in [-0.05, 0) is 60.7 Å². The van der Waals surface area contributed by atoms with E-state index in [1.165, 1.54) is 5.56 Å². The summed E-state index contributed by atoms with van der Waals surface area (Å²) in [6.07, 6.45) is 4.74. The van der Waals surface area contributed by atoms with Gasteiger partial charge in [-0.25, -0.2) is 0 Å². The molecular weight excluding hydrogens is 436 g/mol. The fourth-order valence-corrected chi connectivity index (χ4v) is 4.21. The van der Waals surface area contributed by atoms with E-state index < -0.39 is 0 Å². The van der Waals surface area contributed by atoms with Crippen LogP contribution in [0.1, 0.15) is 30.4 Å². The van der Waals surface area contributed by atoms with Gasteiger partial charge in [-0.3, -0.25) is 4.98 Å². The Morgan fingerprint density at radius 1 is 1.04 bits per heavy atom. The highest BCUT2D eigenvalue weighted by atomic mass is 35.5. The molecule has 2 atom stereocenters. The minimum absolute atomic E-state index is 0. The molecule has 0 radical (unpaired) electrons. The van der Waals surface area contributed by atoms with E-state index in [0.717, 1.165) is 47.3 Å². The van der Waals surface area contributed by atoms with Gasteiger partial charge >= 0.3 is 0 Å². The van der Waals surface area contributed by atoms with Crippen molar-refractivity contribution in [1.29, 1.82) is 0 Å². The van der Waals surface area contributed by atoms with Crippen molar-refractivity contribution < 1.29 is 0 Å². The first-order valence-corrected chi connectivity index (χ1v) is 9.61. The minimum Gasteiger partial charge on any atom is -0.321 e. The summed E-state index contributed by atoms with van der Waals surface area (Å²) in [5, 5.41) is 6.20. The Balaban J connectivity index is 0.00000140. The van der Waals surface area contributed by atoms with Gasteiger partial charge in [-0.1, -0.05) is 41.4 Å². The molecule has 150 valence electrons. The quantitative estimate of drug-likeness (QED) is 0.513. The molecule has 0 aliphatic heterocycles. The maximum absolute atomic E-state index is 6.85. The molecule has 0 bridgehead atoms. The number of rotatable bonds is 4. The third-order valence-corrected chi connectivity index (χ3v) is 5.79. The second kappa shape index (κ2) is 9.62. The molecule has 1 aromatic heterocycles. The predicted molar refractivity (Wildman–Crippen MR) is 123 cm³/mol. The summed E-state index contributed by atoms with van der Waals surface area (Å²) in [6, 6.07) is 16.2. The number of halogens is 4. The monoisotopic (exact) mass is 457 g/mol. The smallest absolute Gasteiger partial charge is 0.0720 e. The molecule has 2 unspecified atom stereocenters. The van der Waals surface area contributed by atoms with E-state index in [9.17, 15) is 0 Å². The third kappa shape index (κ3) is 4.91. The van der Waals surface area contributed by atoms with Gasteiger partial charge in [0.05, 0.1) is 5.52 Å². The zero-order valence-electron chi connectivity index (χ0n) is 15.2. The lowest BCUT2D eigenvalue weighted by molar-refractivity contribution is 0.434. The van der Waals surface area contributed by atoms with Gasteiger partial charge in [-0.15, -0.1) is 24.8 Å².